The number of hydrogen-bond donors (Lipinski definition) is 0. The molecular formula is C114H84BBrN12O2. The van der Waals surface area contributed by atoms with Gasteiger partial charge in [0.2, 0.25) is 0 Å². The van der Waals surface area contributed by atoms with Gasteiger partial charge in [-0.3, -0.25) is 0 Å². The molecule has 1 saturated heterocycles. The molecule has 14 nitrogen and oxygen atoms in total. The summed E-state index contributed by atoms with van der Waals surface area (Å²) in [4.78, 5) is 58.7. The summed E-state index contributed by atoms with van der Waals surface area (Å²) < 4.78 is 13.6. The van der Waals surface area contributed by atoms with Crippen molar-refractivity contribution < 1.29 is 9.31 Å². The van der Waals surface area contributed by atoms with Crippen molar-refractivity contribution in [2.75, 3.05) is 0 Å². The van der Waals surface area contributed by atoms with Gasteiger partial charge in [-0.05, 0) is 125 Å². The van der Waals surface area contributed by atoms with Crippen LogP contribution in [0.5, 0.6) is 0 Å². The van der Waals surface area contributed by atoms with Crippen molar-refractivity contribution in [3.05, 3.63) is 441 Å². The van der Waals surface area contributed by atoms with E-state index < -0.39 is 18.3 Å². The highest BCUT2D eigenvalue weighted by Gasteiger charge is 2.52. The molecule has 20 aromatic rings. The molecule has 4 aromatic heterocycles. The van der Waals surface area contributed by atoms with Crippen LogP contribution in [0.1, 0.15) is 27.7 Å². The summed E-state index contributed by atoms with van der Waals surface area (Å²) in [7, 11) is -0.445. The van der Waals surface area contributed by atoms with E-state index in [1.54, 1.807) is 0 Å². The standard InChI is InChI=1S/C54H36N6.C33H22BrN3.C27H26BN3O2/c1-5-18-37(19-6-1)49-55-50(38-20-7-2-8-21-38)58-53(57-49)45-30-16-27-42(35-45)41-26-15-28-43(34-41)47-32-13-14-33-48(47)44-29-17-31-46(36-44)54-59-51(39-22-9-3-10-23-39)56-52(60-54)40-24-11-4-12-25-40;34-30-20-8-7-19-29(30)27-17-9-15-25(21-27)26-16-10-18-28(22-26)33-36-31(23-11-3-1-4-12-23)35-32(37-33)24-13-5-2-6-14-24;1-26(2)27(3,4)33-28(32-26)22-17-11-16-21(18-22)25-30-23(19-12-7-5-8-13-19)29-24(31-25)20-14-9-6-10-15-20/h1-36H;1-22H;5-18H,1-4H3. The Labute approximate surface area is 764 Å². The number of rotatable bonds is 18. The molecule has 0 amide bonds. The molecule has 0 aliphatic carbocycles. The summed E-state index contributed by atoms with van der Waals surface area (Å²) in [6.45, 7) is 8.23. The molecule has 130 heavy (non-hydrogen) atoms. The molecule has 0 N–H and O–H groups in total. The minimum Gasteiger partial charge on any atom is -0.399 e. The molecule has 0 unspecified atom stereocenters. The van der Waals surface area contributed by atoms with Crippen LogP contribution in [0.2, 0.25) is 0 Å². The monoisotopic (exact) mass is 1740 g/mol. The molecular weight excluding hydrogens is 1660 g/mol. The predicted molar refractivity (Wildman–Crippen MR) is 529 cm³/mol. The summed E-state index contributed by atoms with van der Waals surface area (Å²) >= 11 is 3.69. The molecule has 0 radical (unpaired) electrons. The predicted octanol–water partition coefficient (Wildman–Crippen LogP) is 27.2. The van der Waals surface area contributed by atoms with Crippen LogP contribution < -0.4 is 5.46 Å². The van der Waals surface area contributed by atoms with Gasteiger partial charge in [0.25, 0.3) is 0 Å². The van der Waals surface area contributed by atoms with Gasteiger partial charge in [0.1, 0.15) is 0 Å². The second-order valence-corrected chi connectivity index (χ2v) is 33.2. The molecule has 5 heterocycles. The summed E-state index contributed by atoms with van der Waals surface area (Å²) in [6.07, 6.45) is 0. The number of hydrogen-bond acceptors (Lipinski definition) is 14. The summed E-state index contributed by atoms with van der Waals surface area (Å²) in [5.41, 5.74) is 22.5. The van der Waals surface area contributed by atoms with Gasteiger partial charge in [0, 0.05) is 71.2 Å². The van der Waals surface area contributed by atoms with Crippen LogP contribution in [0.4, 0.5) is 0 Å². The lowest BCUT2D eigenvalue weighted by molar-refractivity contribution is 0.00578. The van der Waals surface area contributed by atoms with Gasteiger partial charge >= 0.3 is 7.12 Å². The summed E-state index contributed by atoms with van der Waals surface area (Å²) in [5, 5.41) is 0. The Morgan fingerprint density at radius 1 is 0.169 bits per heavy atom. The van der Waals surface area contributed by atoms with Gasteiger partial charge < -0.3 is 9.31 Å². The minimum atomic E-state index is -0.445. The van der Waals surface area contributed by atoms with E-state index in [0.29, 0.717) is 69.9 Å². The largest absolute Gasteiger partial charge is 0.494 e. The van der Waals surface area contributed by atoms with Crippen LogP contribution in [-0.4, -0.2) is 78.1 Å². The van der Waals surface area contributed by atoms with Gasteiger partial charge in [0.15, 0.2) is 69.9 Å². The fraction of sp³-hybridized carbons (Fsp3) is 0.0526. The lowest BCUT2D eigenvalue weighted by atomic mass is 9.78. The first kappa shape index (κ1) is 83.6. The van der Waals surface area contributed by atoms with Gasteiger partial charge in [-0.2, -0.15) is 0 Å². The number of nitrogens with zero attached hydrogens (tertiary/aromatic N) is 12. The van der Waals surface area contributed by atoms with E-state index in [9.17, 15) is 0 Å². The molecule has 0 bridgehead atoms. The minimum absolute atomic E-state index is 0.401. The Hall–Kier alpha value is -16.0. The smallest absolute Gasteiger partial charge is 0.399 e. The van der Waals surface area contributed by atoms with Crippen molar-refractivity contribution in [3.63, 3.8) is 0 Å². The lowest BCUT2D eigenvalue weighted by Gasteiger charge is -2.32. The Morgan fingerprint density at radius 3 is 0.592 bits per heavy atom. The molecule has 1 aliphatic rings. The fourth-order valence-corrected chi connectivity index (χ4v) is 16.0. The second kappa shape index (κ2) is 38.1. The Bertz CT molecular complexity index is 7130. The van der Waals surface area contributed by atoms with Crippen LogP contribution in [0.15, 0.2) is 441 Å². The highest BCUT2D eigenvalue weighted by molar-refractivity contribution is 9.10. The van der Waals surface area contributed by atoms with E-state index in [2.05, 4.69) is 207 Å². The molecule has 16 heteroatoms. The van der Waals surface area contributed by atoms with Crippen molar-refractivity contribution in [2.45, 2.75) is 38.9 Å². The summed E-state index contributed by atoms with van der Waals surface area (Å²) in [6, 6.07) is 148. The van der Waals surface area contributed by atoms with Gasteiger partial charge in [-0.25, -0.2) is 59.8 Å². The third kappa shape index (κ3) is 19.1. The Kier molecular flexibility index (Phi) is 24.5. The normalized spacial score (nSPS) is 12.4. The maximum atomic E-state index is 6.25. The van der Waals surface area contributed by atoms with E-state index in [-0.39, 0.29) is 0 Å². The van der Waals surface area contributed by atoms with Gasteiger partial charge in [-0.1, -0.05) is 416 Å². The molecule has 16 aromatic carbocycles. The van der Waals surface area contributed by atoms with Crippen LogP contribution in [0.3, 0.4) is 0 Å². The quantitative estimate of drug-likeness (QED) is 0.0742. The first-order valence-corrected chi connectivity index (χ1v) is 43.9. The number of aromatic nitrogens is 12. The lowest BCUT2D eigenvalue weighted by Crippen LogP contribution is -2.41. The molecule has 0 atom stereocenters. The highest BCUT2D eigenvalue weighted by Crippen LogP contribution is 2.41. The summed E-state index contributed by atoms with van der Waals surface area (Å²) in [5.74, 6) is 7.64. The molecule has 1 fully saturated rings. The average molecular weight is 1740 g/mol. The Morgan fingerprint density at radius 2 is 0.338 bits per heavy atom. The van der Waals surface area contributed by atoms with Crippen molar-refractivity contribution in [3.8, 4) is 192 Å². The van der Waals surface area contributed by atoms with E-state index >= 15 is 0 Å². The van der Waals surface area contributed by atoms with Crippen molar-refractivity contribution in [1.82, 2.24) is 59.8 Å². The topological polar surface area (TPSA) is 173 Å². The zero-order valence-corrected chi connectivity index (χ0v) is 73.3. The van der Waals surface area contributed by atoms with Crippen molar-refractivity contribution in [1.29, 1.82) is 0 Å². The van der Waals surface area contributed by atoms with E-state index in [1.165, 1.54) is 0 Å². The molecule has 0 spiro atoms. The van der Waals surface area contributed by atoms with E-state index in [4.69, 9.17) is 69.1 Å². The van der Waals surface area contributed by atoms with E-state index in [0.717, 1.165) is 132 Å². The average Bonchev–Trinajstić information content (AvgIpc) is 1.63. The van der Waals surface area contributed by atoms with Gasteiger partial charge in [-0.15, -0.1) is 0 Å². The van der Waals surface area contributed by atoms with Crippen LogP contribution in [-0.2, 0) is 9.31 Å². The SMILES string of the molecule is Brc1ccccc1-c1cccc(-c2cccc(-c3nc(-c4ccccc4)nc(-c4ccccc4)n3)c2)c1.CC1(C)OB(c2cccc(-c3nc(-c4ccccc4)nc(-c4ccccc4)n3)c2)OC1(C)C.c1ccc(-c2nc(-c3ccccc3)nc(-c3cccc(-c4cccc(-c5ccccc5-c5cccc(-c6nc(-c7ccccc7)nc(-c7ccccc7)n6)c5)c4)c3)n2)cc1. The van der Waals surface area contributed by atoms with Crippen molar-refractivity contribution >= 4 is 28.5 Å². The first-order valence-electron chi connectivity index (χ1n) is 43.1. The number of benzene rings is 16. The van der Waals surface area contributed by atoms with Crippen LogP contribution >= 0.6 is 15.9 Å². The zero-order valence-electron chi connectivity index (χ0n) is 71.7. The van der Waals surface area contributed by atoms with Crippen LogP contribution in [0.25, 0.3) is 192 Å². The highest BCUT2D eigenvalue weighted by atomic mass is 79.9. The maximum Gasteiger partial charge on any atom is 0.494 e. The fourth-order valence-electron chi connectivity index (χ4n) is 15.5. The third-order valence-corrected chi connectivity index (χ3v) is 23.6. The first-order chi connectivity index (χ1) is 63.8. The molecule has 622 valence electrons. The van der Waals surface area contributed by atoms with Gasteiger partial charge in [0.05, 0.1) is 11.2 Å². The molecule has 0 saturated carbocycles. The second-order valence-electron chi connectivity index (χ2n) is 32.3. The zero-order chi connectivity index (χ0) is 88.2. The van der Waals surface area contributed by atoms with Crippen molar-refractivity contribution in [2.24, 2.45) is 0 Å². The molecule has 21 rings (SSSR count). The maximum absolute atomic E-state index is 6.25. The van der Waals surface area contributed by atoms with Crippen LogP contribution in [0, 0.1) is 0 Å². The Balaban J connectivity index is 0.000000135. The third-order valence-electron chi connectivity index (χ3n) is 23.0. The molecule has 1 aliphatic heterocycles. The number of halogens is 1. The van der Waals surface area contributed by atoms with E-state index in [1.807, 2.05) is 273 Å².